The molecule has 0 unspecified atom stereocenters. The average molecular weight is 401 g/mol. The van der Waals surface area contributed by atoms with Crippen molar-refractivity contribution in [2.75, 3.05) is 39.8 Å². The van der Waals surface area contributed by atoms with Crippen molar-refractivity contribution in [3.05, 3.63) is 29.3 Å². The molecule has 0 bridgehead atoms. The first-order chi connectivity index (χ1) is 14.0. The maximum atomic E-state index is 12.9. The van der Waals surface area contributed by atoms with Crippen LogP contribution in [0.25, 0.3) is 0 Å². The van der Waals surface area contributed by atoms with Gasteiger partial charge in [0.15, 0.2) is 0 Å². The normalized spacial score (nSPS) is 26.4. The summed E-state index contributed by atoms with van der Waals surface area (Å²) in [5, 5.41) is 0. The molecule has 1 saturated carbocycles. The largest absolute Gasteiger partial charge is 0.494 e. The summed E-state index contributed by atoms with van der Waals surface area (Å²) in [6, 6.07) is 5.67. The van der Waals surface area contributed by atoms with Gasteiger partial charge in [0.1, 0.15) is 11.4 Å². The van der Waals surface area contributed by atoms with Crippen LogP contribution in [0.2, 0.25) is 0 Å². The lowest BCUT2D eigenvalue weighted by Crippen LogP contribution is -2.41. The van der Waals surface area contributed by atoms with E-state index in [1.165, 1.54) is 12.8 Å². The van der Waals surface area contributed by atoms with E-state index >= 15 is 0 Å². The molecule has 1 spiro atoms. The Morgan fingerprint density at radius 1 is 1.28 bits per heavy atom. The predicted molar refractivity (Wildman–Crippen MR) is 110 cm³/mol. The van der Waals surface area contributed by atoms with Crippen LogP contribution in [-0.2, 0) is 15.1 Å². The lowest BCUT2D eigenvalue weighted by molar-refractivity contribution is -0.137. The van der Waals surface area contributed by atoms with Crippen LogP contribution in [-0.4, -0.2) is 61.5 Å². The van der Waals surface area contributed by atoms with Gasteiger partial charge in [-0.05, 0) is 70.7 Å². The monoisotopic (exact) mass is 400 g/mol. The van der Waals surface area contributed by atoms with Crippen molar-refractivity contribution >= 4 is 11.9 Å². The molecule has 1 amide bonds. The van der Waals surface area contributed by atoms with Gasteiger partial charge in [0, 0.05) is 31.6 Å². The lowest BCUT2D eigenvalue weighted by Gasteiger charge is -2.37. The summed E-state index contributed by atoms with van der Waals surface area (Å²) in [5.74, 6) is 0.683. The first-order valence-corrected chi connectivity index (χ1v) is 11.0. The van der Waals surface area contributed by atoms with E-state index in [0.717, 1.165) is 44.6 Å². The molecule has 0 aromatic heterocycles. The van der Waals surface area contributed by atoms with Crippen molar-refractivity contribution in [3.8, 4) is 5.75 Å². The number of fused-ring (bicyclic) bond motifs is 2. The Hall–Kier alpha value is -2.08. The summed E-state index contributed by atoms with van der Waals surface area (Å²) in [6.07, 6.45) is 5.47. The number of benzene rings is 1. The highest BCUT2D eigenvalue weighted by Crippen LogP contribution is 2.49. The number of hydrogen-bond acceptors (Lipinski definition) is 5. The van der Waals surface area contributed by atoms with Crippen molar-refractivity contribution in [1.29, 1.82) is 0 Å². The number of hydrogen-bond donors (Lipinski definition) is 0. The third kappa shape index (κ3) is 4.00. The smallest absolute Gasteiger partial charge is 0.339 e. The molecular weight excluding hydrogens is 368 g/mol. The highest BCUT2D eigenvalue weighted by atomic mass is 16.6. The Morgan fingerprint density at radius 3 is 2.69 bits per heavy atom. The van der Waals surface area contributed by atoms with Gasteiger partial charge in [0.05, 0.1) is 12.2 Å². The van der Waals surface area contributed by atoms with Gasteiger partial charge >= 0.3 is 5.97 Å². The second-order valence-corrected chi connectivity index (χ2v) is 8.61. The highest BCUT2D eigenvalue weighted by Gasteiger charge is 2.48. The van der Waals surface area contributed by atoms with Gasteiger partial charge in [-0.25, -0.2) is 4.79 Å². The van der Waals surface area contributed by atoms with Gasteiger partial charge in [-0.2, -0.15) is 0 Å². The van der Waals surface area contributed by atoms with Gasteiger partial charge < -0.3 is 19.3 Å². The fourth-order valence-electron chi connectivity index (χ4n) is 5.06. The first kappa shape index (κ1) is 20.2. The number of likely N-dealkylation sites (tertiary alicyclic amines) is 1. The van der Waals surface area contributed by atoms with E-state index in [-0.39, 0.29) is 17.8 Å². The molecule has 2 aliphatic heterocycles. The van der Waals surface area contributed by atoms with Crippen LogP contribution in [0.1, 0.15) is 61.4 Å². The molecular formula is C23H32N2O4. The minimum absolute atomic E-state index is 0.0228. The Morgan fingerprint density at radius 2 is 2.00 bits per heavy atom. The predicted octanol–water partition coefficient (Wildman–Crippen LogP) is 3.20. The SMILES string of the molecule is CCOc1ccc2c(c1)C(=O)OC21CCC(C(=O)N(C)CCN2CCCC2)CC1. The molecule has 1 aromatic rings. The topological polar surface area (TPSA) is 59.1 Å². The Kier molecular flexibility index (Phi) is 5.81. The summed E-state index contributed by atoms with van der Waals surface area (Å²) >= 11 is 0. The standard InChI is InChI=1S/C23H32N2O4/c1-3-28-18-6-7-20-19(16-18)22(27)29-23(20)10-8-17(9-11-23)21(26)24(2)14-15-25-12-4-5-13-25/h6-7,16-17H,3-5,8-15H2,1-2H3. The van der Waals surface area contributed by atoms with Crippen molar-refractivity contribution in [2.24, 2.45) is 5.92 Å². The van der Waals surface area contributed by atoms with Gasteiger partial charge in [-0.1, -0.05) is 6.07 Å². The molecule has 3 aliphatic rings. The van der Waals surface area contributed by atoms with Gasteiger partial charge in [-0.3, -0.25) is 4.79 Å². The lowest BCUT2D eigenvalue weighted by atomic mass is 9.74. The molecule has 2 fully saturated rings. The molecule has 1 aromatic carbocycles. The minimum atomic E-state index is -0.567. The summed E-state index contributed by atoms with van der Waals surface area (Å²) in [4.78, 5) is 29.7. The zero-order valence-electron chi connectivity index (χ0n) is 17.6. The molecule has 0 N–H and O–H groups in total. The fourth-order valence-corrected chi connectivity index (χ4v) is 5.06. The molecule has 0 radical (unpaired) electrons. The van der Waals surface area contributed by atoms with Crippen molar-refractivity contribution in [2.45, 2.75) is 51.0 Å². The van der Waals surface area contributed by atoms with E-state index in [1.807, 2.05) is 31.0 Å². The van der Waals surface area contributed by atoms with Crippen molar-refractivity contribution in [3.63, 3.8) is 0 Å². The highest BCUT2D eigenvalue weighted by molar-refractivity contribution is 5.95. The molecule has 1 saturated heterocycles. The van der Waals surface area contributed by atoms with Crippen LogP contribution in [0.15, 0.2) is 18.2 Å². The molecule has 0 atom stereocenters. The van der Waals surface area contributed by atoms with Crippen molar-refractivity contribution < 1.29 is 19.1 Å². The second-order valence-electron chi connectivity index (χ2n) is 8.61. The number of carbonyl (C=O) groups is 2. The maximum Gasteiger partial charge on any atom is 0.339 e. The molecule has 4 rings (SSSR count). The molecule has 158 valence electrons. The third-order valence-corrected chi connectivity index (χ3v) is 6.77. The zero-order valence-corrected chi connectivity index (χ0v) is 17.6. The van der Waals surface area contributed by atoms with E-state index in [2.05, 4.69) is 4.90 Å². The van der Waals surface area contributed by atoms with Crippen LogP contribution in [0.3, 0.4) is 0 Å². The van der Waals surface area contributed by atoms with Gasteiger partial charge in [0.2, 0.25) is 5.91 Å². The number of nitrogens with zero attached hydrogens (tertiary/aromatic N) is 2. The molecule has 29 heavy (non-hydrogen) atoms. The van der Waals surface area contributed by atoms with E-state index in [4.69, 9.17) is 9.47 Å². The Balaban J connectivity index is 1.37. The summed E-state index contributed by atoms with van der Waals surface area (Å²) in [7, 11) is 1.92. The molecule has 2 heterocycles. The maximum absolute atomic E-state index is 12.9. The van der Waals surface area contributed by atoms with Crippen LogP contribution in [0.4, 0.5) is 0 Å². The zero-order chi connectivity index (χ0) is 20.4. The van der Waals surface area contributed by atoms with E-state index in [1.54, 1.807) is 6.07 Å². The second kappa shape index (κ2) is 8.34. The molecule has 6 heteroatoms. The van der Waals surface area contributed by atoms with Crippen LogP contribution < -0.4 is 4.74 Å². The number of ether oxygens (including phenoxy) is 2. The molecule has 1 aliphatic carbocycles. The summed E-state index contributed by atoms with van der Waals surface area (Å²) < 4.78 is 11.4. The van der Waals surface area contributed by atoms with E-state index in [0.29, 0.717) is 30.8 Å². The number of amides is 1. The number of likely N-dealkylation sites (N-methyl/N-ethyl adjacent to an activating group) is 1. The van der Waals surface area contributed by atoms with Crippen LogP contribution in [0, 0.1) is 5.92 Å². The average Bonchev–Trinajstić information content (AvgIpc) is 3.34. The Bertz CT molecular complexity index is 764. The summed E-state index contributed by atoms with van der Waals surface area (Å²) in [5.41, 5.74) is 1.00. The minimum Gasteiger partial charge on any atom is -0.494 e. The van der Waals surface area contributed by atoms with Crippen LogP contribution in [0.5, 0.6) is 5.75 Å². The first-order valence-electron chi connectivity index (χ1n) is 11.0. The fraction of sp³-hybridized carbons (Fsp3) is 0.652. The number of esters is 1. The molecule has 6 nitrogen and oxygen atoms in total. The third-order valence-electron chi connectivity index (χ3n) is 6.77. The van der Waals surface area contributed by atoms with Gasteiger partial charge in [0.25, 0.3) is 0 Å². The van der Waals surface area contributed by atoms with Crippen LogP contribution >= 0.6 is 0 Å². The Labute approximate surface area is 173 Å². The van der Waals surface area contributed by atoms with E-state index < -0.39 is 5.60 Å². The van der Waals surface area contributed by atoms with E-state index in [9.17, 15) is 9.59 Å². The summed E-state index contributed by atoms with van der Waals surface area (Å²) in [6.45, 7) is 6.56. The van der Waals surface area contributed by atoms with Gasteiger partial charge in [-0.15, -0.1) is 0 Å². The quantitative estimate of drug-likeness (QED) is 0.687. The number of rotatable bonds is 6. The van der Waals surface area contributed by atoms with Crippen molar-refractivity contribution in [1.82, 2.24) is 9.80 Å². The number of carbonyl (C=O) groups excluding carboxylic acids is 2.